The van der Waals surface area contributed by atoms with E-state index in [-0.39, 0.29) is 6.04 Å². The van der Waals surface area contributed by atoms with Gasteiger partial charge in [-0.15, -0.1) is 0 Å². The van der Waals surface area contributed by atoms with E-state index in [0.717, 1.165) is 25.3 Å². The van der Waals surface area contributed by atoms with Gasteiger partial charge in [0, 0.05) is 29.3 Å². The Morgan fingerprint density at radius 1 is 1.35 bits per heavy atom. The molecular formula is C17H27BrN2. The zero-order chi connectivity index (χ0) is 14.5. The van der Waals surface area contributed by atoms with Crippen molar-refractivity contribution in [3.8, 4) is 0 Å². The van der Waals surface area contributed by atoms with E-state index < -0.39 is 0 Å². The molecule has 0 aliphatic heterocycles. The summed E-state index contributed by atoms with van der Waals surface area (Å²) in [4.78, 5) is 2.50. The van der Waals surface area contributed by atoms with Gasteiger partial charge in [-0.25, -0.2) is 0 Å². The Morgan fingerprint density at radius 3 is 2.60 bits per heavy atom. The van der Waals surface area contributed by atoms with Crippen LogP contribution < -0.4 is 10.6 Å². The summed E-state index contributed by atoms with van der Waals surface area (Å²) in [5, 5.41) is 0. The Labute approximate surface area is 131 Å². The highest BCUT2D eigenvalue weighted by atomic mass is 79.9. The summed E-state index contributed by atoms with van der Waals surface area (Å²) in [7, 11) is 0. The maximum absolute atomic E-state index is 6.06. The number of rotatable bonds is 7. The molecule has 1 aliphatic rings. The van der Waals surface area contributed by atoms with Gasteiger partial charge in [0.15, 0.2) is 0 Å². The quantitative estimate of drug-likeness (QED) is 0.800. The fraction of sp³-hybridized carbons (Fsp3) is 0.647. The minimum Gasteiger partial charge on any atom is -0.372 e. The molecule has 2 nitrogen and oxygen atoms in total. The summed E-state index contributed by atoms with van der Waals surface area (Å²) in [6, 6.07) is 7.01. The lowest BCUT2D eigenvalue weighted by atomic mass is 9.85. The second-order valence-electron chi connectivity index (χ2n) is 5.98. The fourth-order valence-corrected chi connectivity index (χ4v) is 3.26. The zero-order valence-corrected chi connectivity index (χ0v) is 14.3. The minimum absolute atomic E-state index is 0.259. The van der Waals surface area contributed by atoms with Crippen molar-refractivity contribution in [2.45, 2.75) is 52.0 Å². The molecule has 0 saturated heterocycles. The first-order valence-corrected chi connectivity index (χ1v) is 8.72. The first-order valence-electron chi connectivity index (χ1n) is 7.93. The molecule has 1 unspecified atom stereocenters. The minimum atomic E-state index is 0.259. The Bertz CT molecular complexity index is 429. The molecule has 0 spiro atoms. The molecule has 1 aromatic carbocycles. The van der Waals surface area contributed by atoms with Gasteiger partial charge >= 0.3 is 0 Å². The maximum atomic E-state index is 6.06. The third kappa shape index (κ3) is 3.98. The van der Waals surface area contributed by atoms with Gasteiger partial charge in [0.2, 0.25) is 0 Å². The van der Waals surface area contributed by atoms with Gasteiger partial charge in [-0.2, -0.15) is 0 Å². The Hall–Kier alpha value is -0.540. The van der Waals surface area contributed by atoms with Crippen LogP contribution >= 0.6 is 15.9 Å². The third-order valence-corrected chi connectivity index (χ3v) is 5.23. The number of nitrogens with zero attached hydrogens (tertiary/aromatic N) is 1. The van der Waals surface area contributed by atoms with Crippen LogP contribution in [0.1, 0.15) is 45.1 Å². The molecule has 0 aromatic heterocycles. The number of benzene rings is 1. The zero-order valence-electron chi connectivity index (χ0n) is 12.7. The van der Waals surface area contributed by atoms with Crippen molar-refractivity contribution < 1.29 is 0 Å². The standard InChI is InChI=1S/C17H27BrN2/c1-3-15(19)10-14-8-9-16(11-17(14)18)20(4-2)12-13-6-5-7-13/h8-9,11,13,15H,3-7,10,12,19H2,1-2H3. The van der Waals surface area contributed by atoms with Crippen molar-refractivity contribution in [3.05, 3.63) is 28.2 Å². The van der Waals surface area contributed by atoms with Gasteiger partial charge in [-0.05, 0) is 56.2 Å². The molecule has 0 bridgehead atoms. The average Bonchev–Trinajstić information content (AvgIpc) is 2.40. The van der Waals surface area contributed by atoms with Crippen LogP contribution in [-0.2, 0) is 6.42 Å². The molecule has 0 radical (unpaired) electrons. The van der Waals surface area contributed by atoms with Crippen molar-refractivity contribution in [1.29, 1.82) is 0 Å². The predicted octanol–water partition coefficient (Wildman–Crippen LogP) is 4.36. The lowest BCUT2D eigenvalue weighted by molar-refractivity contribution is 0.318. The van der Waals surface area contributed by atoms with Crippen molar-refractivity contribution >= 4 is 21.6 Å². The van der Waals surface area contributed by atoms with Crippen LogP contribution in [0.4, 0.5) is 5.69 Å². The normalized spacial score (nSPS) is 16.8. The summed E-state index contributed by atoms with van der Waals surface area (Å²) in [5.74, 6) is 0.905. The Morgan fingerprint density at radius 2 is 2.10 bits per heavy atom. The second-order valence-corrected chi connectivity index (χ2v) is 6.84. The lowest BCUT2D eigenvalue weighted by Gasteiger charge is -2.33. The Balaban J connectivity index is 2.05. The smallest absolute Gasteiger partial charge is 0.0377 e. The summed E-state index contributed by atoms with van der Waals surface area (Å²) in [6.07, 6.45) is 6.20. The van der Waals surface area contributed by atoms with Gasteiger partial charge in [0.1, 0.15) is 0 Å². The molecule has 1 aliphatic carbocycles. The van der Waals surface area contributed by atoms with Gasteiger partial charge < -0.3 is 10.6 Å². The van der Waals surface area contributed by atoms with Crippen LogP contribution in [0.25, 0.3) is 0 Å². The van der Waals surface area contributed by atoms with E-state index in [1.807, 2.05) is 0 Å². The van der Waals surface area contributed by atoms with Crippen LogP contribution in [-0.4, -0.2) is 19.1 Å². The number of hydrogen-bond donors (Lipinski definition) is 1. The maximum Gasteiger partial charge on any atom is 0.0377 e. The molecule has 1 fully saturated rings. The van der Waals surface area contributed by atoms with Gasteiger partial charge in [-0.3, -0.25) is 0 Å². The van der Waals surface area contributed by atoms with Gasteiger partial charge in [0.05, 0.1) is 0 Å². The second kappa shape index (κ2) is 7.46. The highest BCUT2D eigenvalue weighted by Crippen LogP contribution is 2.30. The monoisotopic (exact) mass is 338 g/mol. The average molecular weight is 339 g/mol. The van der Waals surface area contributed by atoms with Gasteiger partial charge in [0.25, 0.3) is 0 Å². The number of hydrogen-bond acceptors (Lipinski definition) is 2. The van der Waals surface area contributed by atoms with Crippen LogP contribution in [0.15, 0.2) is 22.7 Å². The lowest BCUT2D eigenvalue weighted by Crippen LogP contribution is -2.32. The fourth-order valence-electron chi connectivity index (χ4n) is 2.73. The summed E-state index contributed by atoms with van der Waals surface area (Å²) in [5.41, 5.74) is 8.71. The Kier molecular flexibility index (Phi) is 5.91. The summed E-state index contributed by atoms with van der Waals surface area (Å²) < 4.78 is 1.20. The molecule has 1 aromatic rings. The summed E-state index contributed by atoms with van der Waals surface area (Å²) >= 11 is 3.72. The van der Waals surface area contributed by atoms with Gasteiger partial charge in [-0.1, -0.05) is 35.3 Å². The van der Waals surface area contributed by atoms with Crippen molar-refractivity contribution in [1.82, 2.24) is 0 Å². The molecule has 0 heterocycles. The van der Waals surface area contributed by atoms with E-state index >= 15 is 0 Å². The van der Waals surface area contributed by atoms with E-state index in [1.54, 1.807) is 0 Å². The van der Waals surface area contributed by atoms with Crippen molar-refractivity contribution in [2.24, 2.45) is 11.7 Å². The largest absolute Gasteiger partial charge is 0.372 e. The molecule has 1 saturated carbocycles. The highest BCUT2D eigenvalue weighted by Gasteiger charge is 2.20. The molecule has 3 heteroatoms. The first kappa shape index (κ1) is 15.8. The SMILES string of the molecule is CCC(N)Cc1ccc(N(CC)CC2CCC2)cc1Br. The molecule has 2 N–H and O–H groups in total. The number of halogens is 1. The molecule has 20 heavy (non-hydrogen) atoms. The van der Waals surface area contributed by atoms with E-state index in [0.29, 0.717) is 0 Å². The number of nitrogens with two attached hydrogens (primary N) is 1. The predicted molar refractivity (Wildman–Crippen MR) is 91.3 cm³/mol. The number of anilines is 1. The molecule has 112 valence electrons. The molecule has 2 rings (SSSR count). The molecule has 1 atom stereocenters. The van der Waals surface area contributed by atoms with E-state index in [4.69, 9.17) is 5.73 Å². The molecule has 0 amide bonds. The van der Waals surface area contributed by atoms with E-state index in [9.17, 15) is 0 Å². The van der Waals surface area contributed by atoms with Crippen molar-refractivity contribution in [2.75, 3.05) is 18.0 Å². The topological polar surface area (TPSA) is 29.3 Å². The summed E-state index contributed by atoms with van der Waals surface area (Å²) in [6.45, 7) is 6.67. The van der Waals surface area contributed by atoms with E-state index in [2.05, 4.69) is 52.9 Å². The van der Waals surface area contributed by atoms with Crippen LogP contribution in [0, 0.1) is 5.92 Å². The highest BCUT2D eigenvalue weighted by molar-refractivity contribution is 9.10. The van der Waals surface area contributed by atoms with Crippen LogP contribution in [0.5, 0.6) is 0 Å². The van der Waals surface area contributed by atoms with E-state index in [1.165, 1.54) is 41.5 Å². The first-order chi connectivity index (χ1) is 9.63. The van der Waals surface area contributed by atoms with Crippen LogP contribution in [0.2, 0.25) is 0 Å². The van der Waals surface area contributed by atoms with Crippen LogP contribution in [0.3, 0.4) is 0 Å². The van der Waals surface area contributed by atoms with Crippen molar-refractivity contribution in [3.63, 3.8) is 0 Å². The molecular weight excluding hydrogens is 312 g/mol. The third-order valence-electron chi connectivity index (χ3n) is 4.49.